The van der Waals surface area contributed by atoms with Gasteiger partial charge in [-0.3, -0.25) is 14.5 Å². The van der Waals surface area contributed by atoms with Gasteiger partial charge in [0.2, 0.25) is 0 Å². The second kappa shape index (κ2) is 12.2. The number of thiocarbonyl (C=S) groups is 1. The number of carbonyl (C=O) groups excluding carboxylic acids is 1. The fourth-order valence-electron chi connectivity index (χ4n) is 4.42. The van der Waals surface area contributed by atoms with E-state index >= 15 is 0 Å². The van der Waals surface area contributed by atoms with Crippen molar-refractivity contribution in [1.29, 1.82) is 0 Å². The molecule has 0 spiro atoms. The first-order valence-corrected chi connectivity index (χ1v) is 14.0. The number of carboxylic acid groups (broad SMARTS) is 1. The van der Waals surface area contributed by atoms with Gasteiger partial charge < -0.3 is 5.11 Å². The molecule has 1 aliphatic rings. The summed E-state index contributed by atoms with van der Waals surface area (Å²) in [6.07, 6.45) is 4.08. The van der Waals surface area contributed by atoms with Crippen LogP contribution in [0.5, 0.6) is 0 Å². The van der Waals surface area contributed by atoms with Crippen LogP contribution in [0.3, 0.4) is 0 Å². The van der Waals surface area contributed by atoms with Gasteiger partial charge in [-0.2, -0.15) is 5.10 Å². The number of carboxylic acids is 1. The third-order valence-electron chi connectivity index (χ3n) is 6.43. The molecule has 8 heteroatoms. The molecular formula is C31H27N3O3S2. The number of aromatic nitrogens is 2. The van der Waals surface area contributed by atoms with Crippen molar-refractivity contribution in [2.24, 2.45) is 0 Å². The summed E-state index contributed by atoms with van der Waals surface area (Å²) in [7, 11) is 0. The zero-order chi connectivity index (χ0) is 27.2. The zero-order valence-corrected chi connectivity index (χ0v) is 22.8. The Kier molecular flexibility index (Phi) is 8.34. The SMILES string of the molecule is O=C(O)CCCCCN1C(=O)C(=Cc2ccc(-n3nc(-c4ccccc4)cc3-c3ccccc3)cc2)SC1=S. The Morgan fingerprint density at radius 2 is 1.56 bits per heavy atom. The quantitative estimate of drug-likeness (QED) is 0.129. The van der Waals surface area contributed by atoms with Gasteiger partial charge in [-0.15, -0.1) is 0 Å². The smallest absolute Gasteiger partial charge is 0.303 e. The van der Waals surface area contributed by atoms with Gasteiger partial charge in [0.25, 0.3) is 5.91 Å². The Morgan fingerprint density at radius 1 is 0.897 bits per heavy atom. The molecule has 1 amide bonds. The molecule has 196 valence electrons. The van der Waals surface area contributed by atoms with Gasteiger partial charge >= 0.3 is 5.97 Å². The van der Waals surface area contributed by atoms with E-state index in [4.69, 9.17) is 22.4 Å². The minimum absolute atomic E-state index is 0.0988. The first-order chi connectivity index (χ1) is 19.0. The van der Waals surface area contributed by atoms with Gasteiger partial charge in [-0.25, -0.2) is 4.68 Å². The van der Waals surface area contributed by atoms with Gasteiger partial charge in [0, 0.05) is 24.1 Å². The van der Waals surface area contributed by atoms with Crippen molar-refractivity contribution in [2.75, 3.05) is 6.54 Å². The standard InChI is InChI=1S/C31H27N3O3S2/c35-29(36)14-8-3-9-19-33-30(37)28(39-31(33)38)20-22-15-17-25(18-16-22)34-27(24-12-6-2-7-13-24)21-26(32-34)23-10-4-1-5-11-23/h1-2,4-7,10-13,15-18,20-21H,3,8-9,14,19H2,(H,35,36). The predicted molar refractivity (Wildman–Crippen MR) is 160 cm³/mol. The summed E-state index contributed by atoms with van der Waals surface area (Å²) < 4.78 is 2.49. The van der Waals surface area contributed by atoms with Crippen LogP contribution in [0.25, 0.3) is 34.3 Å². The number of hydrogen-bond donors (Lipinski definition) is 1. The van der Waals surface area contributed by atoms with Crippen LogP contribution in [0.2, 0.25) is 0 Å². The van der Waals surface area contributed by atoms with Crippen LogP contribution in [0, 0.1) is 0 Å². The highest BCUT2D eigenvalue weighted by molar-refractivity contribution is 8.26. The zero-order valence-electron chi connectivity index (χ0n) is 21.2. The highest BCUT2D eigenvalue weighted by Crippen LogP contribution is 2.33. The van der Waals surface area contributed by atoms with Crippen molar-refractivity contribution in [3.63, 3.8) is 0 Å². The van der Waals surface area contributed by atoms with Crippen molar-refractivity contribution in [3.05, 3.63) is 101 Å². The van der Waals surface area contributed by atoms with E-state index < -0.39 is 5.97 Å². The molecule has 0 radical (unpaired) electrons. The number of rotatable bonds is 10. The van der Waals surface area contributed by atoms with Crippen molar-refractivity contribution < 1.29 is 14.7 Å². The minimum Gasteiger partial charge on any atom is -0.481 e. The Bertz CT molecular complexity index is 1510. The van der Waals surface area contributed by atoms with Crippen LogP contribution in [0.4, 0.5) is 0 Å². The van der Waals surface area contributed by atoms with Gasteiger partial charge in [0.05, 0.1) is 22.0 Å². The molecule has 5 rings (SSSR count). The average Bonchev–Trinajstić information content (AvgIpc) is 3.51. The summed E-state index contributed by atoms with van der Waals surface area (Å²) in [6.45, 7) is 0.506. The van der Waals surface area contributed by atoms with Crippen LogP contribution in [0.1, 0.15) is 31.2 Å². The van der Waals surface area contributed by atoms with E-state index in [0.717, 1.165) is 46.6 Å². The molecule has 4 aromatic rings. The van der Waals surface area contributed by atoms with Crippen molar-refractivity contribution in [3.8, 4) is 28.2 Å². The number of aliphatic carboxylic acids is 1. The van der Waals surface area contributed by atoms with E-state index in [1.54, 1.807) is 4.90 Å². The second-order valence-corrected chi connectivity index (χ2v) is 10.9. The largest absolute Gasteiger partial charge is 0.481 e. The summed E-state index contributed by atoms with van der Waals surface area (Å²) in [5, 5.41) is 13.7. The Hall–Kier alpha value is -4.01. The molecule has 39 heavy (non-hydrogen) atoms. The molecular weight excluding hydrogens is 526 g/mol. The lowest BCUT2D eigenvalue weighted by Crippen LogP contribution is -2.29. The van der Waals surface area contributed by atoms with Crippen LogP contribution >= 0.6 is 24.0 Å². The lowest BCUT2D eigenvalue weighted by Gasteiger charge is -2.13. The third-order valence-corrected chi connectivity index (χ3v) is 7.81. The molecule has 3 aromatic carbocycles. The molecule has 1 fully saturated rings. The summed E-state index contributed by atoms with van der Waals surface area (Å²) in [5.41, 5.74) is 5.83. The normalized spacial score (nSPS) is 14.4. The van der Waals surface area contributed by atoms with Crippen LogP contribution < -0.4 is 0 Å². The van der Waals surface area contributed by atoms with E-state index in [2.05, 4.69) is 30.3 Å². The molecule has 1 N–H and O–H groups in total. The fourth-order valence-corrected chi connectivity index (χ4v) is 5.73. The predicted octanol–water partition coefficient (Wildman–Crippen LogP) is 7.05. The van der Waals surface area contributed by atoms with E-state index in [-0.39, 0.29) is 12.3 Å². The Labute approximate surface area is 237 Å². The fraction of sp³-hybridized carbons (Fsp3) is 0.161. The van der Waals surface area contributed by atoms with Gasteiger partial charge in [0.1, 0.15) is 4.32 Å². The molecule has 0 atom stereocenters. The molecule has 0 aliphatic carbocycles. The van der Waals surface area contributed by atoms with Gasteiger partial charge in [-0.05, 0) is 42.7 Å². The van der Waals surface area contributed by atoms with Crippen LogP contribution in [0.15, 0.2) is 95.9 Å². The lowest BCUT2D eigenvalue weighted by atomic mass is 10.1. The summed E-state index contributed by atoms with van der Waals surface area (Å²) in [6, 6.07) is 30.4. The number of nitrogens with zero attached hydrogens (tertiary/aromatic N) is 3. The molecule has 0 bridgehead atoms. The number of carbonyl (C=O) groups is 2. The van der Waals surface area contributed by atoms with Gasteiger partial charge in [0.15, 0.2) is 0 Å². The van der Waals surface area contributed by atoms with Crippen molar-refractivity contribution in [2.45, 2.75) is 25.7 Å². The lowest BCUT2D eigenvalue weighted by molar-refractivity contribution is -0.137. The first-order valence-electron chi connectivity index (χ1n) is 12.8. The summed E-state index contributed by atoms with van der Waals surface area (Å²) in [4.78, 5) is 25.8. The van der Waals surface area contributed by atoms with E-state index in [1.165, 1.54) is 11.8 Å². The van der Waals surface area contributed by atoms with Crippen molar-refractivity contribution in [1.82, 2.24) is 14.7 Å². The maximum absolute atomic E-state index is 13.0. The summed E-state index contributed by atoms with van der Waals surface area (Å²) >= 11 is 6.74. The number of benzene rings is 3. The molecule has 0 saturated carbocycles. The molecule has 6 nitrogen and oxygen atoms in total. The maximum atomic E-state index is 13.0. The monoisotopic (exact) mass is 553 g/mol. The minimum atomic E-state index is -0.796. The van der Waals surface area contributed by atoms with E-state index in [0.29, 0.717) is 22.2 Å². The highest BCUT2D eigenvalue weighted by atomic mass is 32.2. The summed E-state index contributed by atoms with van der Waals surface area (Å²) in [5.74, 6) is -0.895. The molecule has 1 saturated heterocycles. The number of amides is 1. The number of hydrogen-bond acceptors (Lipinski definition) is 5. The molecule has 0 unspecified atom stereocenters. The molecule has 2 heterocycles. The molecule has 1 aromatic heterocycles. The number of unbranched alkanes of at least 4 members (excludes halogenated alkanes) is 2. The van der Waals surface area contributed by atoms with Crippen LogP contribution in [-0.4, -0.2) is 42.5 Å². The third kappa shape index (κ3) is 6.35. The van der Waals surface area contributed by atoms with Crippen molar-refractivity contribution >= 4 is 46.3 Å². The molecule has 1 aliphatic heterocycles. The topological polar surface area (TPSA) is 75.4 Å². The Morgan fingerprint density at radius 3 is 2.23 bits per heavy atom. The van der Waals surface area contributed by atoms with E-state index in [1.807, 2.05) is 71.4 Å². The Balaban J connectivity index is 1.34. The first kappa shape index (κ1) is 26.6. The number of thioether (sulfide) groups is 1. The van der Waals surface area contributed by atoms with Crippen LogP contribution in [-0.2, 0) is 9.59 Å². The average molecular weight is 554 g/mol. The van der Waals surface area contributed by atoms with Gasteiger partial charge in [-0.1, -0.05) is 103 Å². The van der Waals surface area contributed by atoms with E-state index in [9.17, 15) is 9.59 Å². The second-order valence-electron chi connectivity index (χ2n) is 9.19. The maximum Gasteiger partial charge on any atom is 0.303 e. The highest BCUT2D eigenvalue weighted by Gasteiger charge is 2.31.